The lowest BCUT2D eigenvalue weighted by Crippen LogP contribution is -2.58. The van der Waals surface area contributed by atoms with Gasteiger partial charge in [-0.25, -0.2) is 0 Å². The summed E-state index contributed by atoms with van der Waals surface area (Å²) < 4.78 is 0. The molecule has 1 N–H and O–H groups in total. The smallest absolute Gasteiger partial charge is 0.0221 e. The van der Waals surface area contributed by atoms with Gasteiger partial charge in [0, 0.05) is 25.2 Å². The van der Waals surface area contributed by atoms with E-state index in [9.17, 15) is 0 Å². The number of hydrogen-bond donors (Lipinski definition) is 1. The summed E-state index contributed by atoms with van der Waals surface area (Å²) in [7, 11) is 0. The Morgan fingerprint density at radius 1 is 1.28 bits per heavy atom. The maximum absolute atomic E-state index is 3.77. The first-order valence-electron chi connectivity index (χ1n) is 8.22. The first-order chi connectivity index (χ1) is 8.74. The van der Waals surface area contributed by atoms with E-state index in [1.165, 1.54) is 58.2 Å². The Morgan fingerprint density at radius 2 is 2.06 bits per heavy atom. The van der Waals surface area contributed by atoms with Crippen LogP contribution in [0.25, 0.3) is 0 Å². The standard InChI is InChI=1S/C16H32N2/c1-4-13(3)16-12-18(15(5-2)11-17-16)10-9-14-7-6-8-14/h13-17H,4-12H2,1-3H3. The highest BCUT2D eigenvalue weighted by Crippen LogP contribution is 2.30. The molecule has 106 valence electrons. The number of nitrogens with zero attached hydrogens (tertiary/aromatic N) is 1. The van der Waals surface area contributed by atoms with E-state index >= 15 is 0 Å². The van der Waals surface area contributed by atoms with Gasteiger partial charge in [0.15, 0.2) is 0 Å². The van der Waals surface area contributed by atoms with Crippen molar-refractivity contribution in [1.82, 2.24) is 10.2 Å². The van der Waals surface area contributed by atoms with Crippen LogP contribution >= 0.6 is 0 Å². The second-order valence-corrected chi connectivity index (χ2v) is 6.54. The van der Waals surface area contributed by atoms with E-state index in [2.05, 4.69) is 31.0 Å². The van der Waals surface area contributed by atoms with Crippen LogP contribution in [0.15, 0.2) is 0 Å². The van der Waals surface area contributed by atoms with E-state index in [4.69, 9.17) is 0 Å². The van der Waals surface area contributed by atoms with Crippen LogP contribution in [0.1, 0.15) is 59.3 Å². The van der Waals surface area contributed by atoms with Crippen molar-refractivity contribution >= 4 is 0 Å². The Bertz CT molecular complexity index is 237. The van der Waals surface area contributed by atoms with Gasteiger partial charge in [-0.05, 0) is 31.2 Å². The van der Waals surface area contributed by atoms with Gasteiger partial charge in [-0.2, -0.15) is 0 Å². The molecule has 1 aliphatic carbocycles. The van der Waals surface area contributed by atoms with Crippen molar-refractivity contribution in [2.24, 2.45) is 11.8 Å². The summed E-state index contributed by atoms with van der Waals surface area (Å²) in [6.07, 6.45) is 8.52. The molecule has 0 spiro atoms. The Morgan fingerprint density at radius 3 is 2.61 bits per heavy atom. The van der Waals surface area contributed by atoms with Crippen LogP contribution in [0.5, 0.6) is 0 Å². The topological polar surface area (TPSA) is 15.3 Å². The zero-order chi connectivity index (χ0) is 13.0. The van der Waals surface area contributed by atoms with Crippen molar-refractivity contribution in [3.8, 4) is 0 Å². The van der Waals surface area contributed by atoms with Crippen LogP contribution in [-0.4, -0.2) is 36.6 Å². The summed E-state index contributed by atoms with van der Waals surface area (Å²) in [5.41, 5.74) is 0. The lowest BCUT2D eigenvalue weighted by atomic mass is 9.82. The first-order valence-corrected chi connectivity index (χ1v) is 8.22. The molecule has 0 radical (unpaired) electrons. The minimum Gasteiger partial charge on any atom is -0.311 e. The molecule has 2 fully saturated rings. The monoisotopic (exact) mass is 252 g/mol. The normalized spacial score (nSPS) is 32.2. The molecule has 0 amide bonds. The van der Waals surface area contributed by atoms with Crippen LogP contribution in [0.4, 0.5) is 0 Å². The van der Waals surface area contributed by atoms with Crippen molar-refractivity contribution < 1.29 is 0 Å². The van der Waals surface area contributed by atoms with E-state index in [1.807, 2.05) is 0 Å². The Hall–Kier alpha value is -0.0800. The maximum Gasteiger partial charge on any atom is 0.0221 e. The number of rotatable bonds is 6. The number of piperazine rings is 1. The van der Waals surface area contributed by atoms with Crippen molar-refractivity contribution in [3.05, 3.63) is 0 Å². The fourth-order valence-electron chi connectivity index (χ4n) is 3.35. The highest BCUT2D eigenvalue weighted by atomic mass is 15.2. The SMILES string of the molecule is CCC(C)C1CN(CCC2CCC2)C(CC)CN1. The van der Waals surface area contributed by atoms with Gasteiger partial charge in [-0.3, -0.25) is 4.90 Å². The summed E-state index contributed by atoms with van der Waals surface area (Å²) in [6, 6.07) is 1.50. The van der Waals surface area contributed by atoms with E-state index in [1.54, 1.807) is 0 Å². The van der Waals surface area contributed by atoms with Gasteiger partial charge in [-0.15, -0.1) is 0 Å². The van der Waals surface area contributed by atoms with Gasteiger partial charge in [0.25, 0.3) is 0 Å². The van der Waals surface area contributed by atoms with E-state index in [0.717, 1.165) is 23.9 Å². The Labute approximate surface area is 114 Å². The second kappa shape index (κ2) is 6.91. The van der Waals surface area contributed by atoms with Gasteiger partial charge in [0.1, 0.15) is 0 Å². The maximum atomic E-state index is 3.77. The molecule has 2 nitrogen and oxygen atoms in total. The molecule has 1 saturated heterocycles. The molecule has 1 saturated carbocycles. The lowest BCUT2D eigenvalue weighted by Gasteiger charge is -2.43. The highest BCUT2D eigenvalue weighted by molar-refractivity contribution is 4.88. The minimum atomic E-state index is 0.721. The van der Waals surface area contributed by atoms with Crippen molar-refractivity contribution in [3.63, 3.8) is 0 Å². The van der Waals surface area contributed by atoms with Gasteiger partial charge in [0.05, 0.1) is 0 Å². The summed E-state index contributed by atoms with van der Waals surface area (Å²) in [6.45, 7) is 10.9. The van der Waals surface area contributed by atoms with Crippen molar-refractivity contribution in [1.29, 1.82) is 0 Å². The molecule has 1 heterocycles. The summed E-state index contributed by atoms with van der Waals surface area (Å²) in [5.74, 6) is 1.87. The van der Waals surface area contributed by atoms with Gasteiger partial charge < -0.3 is 5.32 Å². The van der Waals surface area contributed by atoms with Gasteiger partial charge >= 0.3 is 0 Å². The van der Waals surface area contributed by atoms with Crippen LogP contribution in [0.3, 0.4) is 0 Å². The Balaban J connectivity index is 1.81. The van der Waals surface area contributed by atoms with Crippen LogP contribution in [0, 0.1) is 11.8 Å². The average molecular weight is 252 g/mol. The third kappa shape index (κ3) is 3.48. The average Bonchev–Trinajstić information content (AvgIpc) is 2.35. The molecular formula is C16H32N2. The molecule has 0 bridgehead atoms. The summed E-state index contributed by atoms with van der Waals surface area (Å²) in [4.78, 5) is 2.78. The van der Waals surface area contributed by atoms with Crippen LogP contribution < -0.4 is 5.32 Å². The molecule has 18 heavy (non-hydrogen) atoms. The lowest BCUT2D eigenvalue weighted by molar-refractivity contribution is 0.0935. The minimum absolute atomic E-state index is 0.721. The molecule has 0 aromatic rings. The summed E-state index contributed by atoms with van der Waals surface area (Å²) in [5, 5.41) is 3.77. The zero-order valence-electron chi connectivity index (χ0n) is 12.6. The third-order valence-corrected chi connectivity index (χ3v) is 5.41. The molecule has 1 aliphatic heterocycles. The fraction of sp³-hybridized carbons (Fsp3) is 1.00. The molecule has 0 aromatic heterocycles. The number of nitrogens with one attached hydrogen (secondary N) is 1. The summed E-state index contributed by atoms with van der Waals surface area (Å²) >= 11 is 0. The van der Waals surface area contributed by atoms with Gasteiger partial charge in [-0.1, -0.05) is 46.5 Å². The predicted molar refractivity (Wildman–Crippen MR) is 78.9 cm³/mol. The quantitative estimate of drug-likeness (QED) is 0.780. The molecular weight excluding hydrogens is 220 g/mol. The molecule has 2 aliphatic rings. The molecule has 3 unspecified atom stereocenters. The van der Waals surface area contributed by atoms with E-state index in [0.29, 0.717) is 0 Å². The molecule has 2 heteroatoms. The van der Waals surface area contributed by atoms with Gasteiger partial charge in [0.2, 0.25) is 0 Å². The van der Waals surface area contributed by atoms with Crippen LogP contribution in [0.2, 0.25) is 0 Å². The molecule has 2 rings (SSSR count). The highest BCUT2D eigenvalue weighted by Gasteiger charge is 2.29. The third-order valence-electron chi connectivity index (χ3n) is 5.41. The van der Waals surface area contributed by atoms with E-state index in [-0.39, 0.29) is 0 Å². The first kappa shape index (κ1) is 14.3. The van der Waals surface area contributed by atoms with E-state index < -0.39 is 0 Å². The van der Waals surface area contributed by atoms with Crippen LogP contribution in [-0.2, 0) is 0 Å². The predicted octanol–water partition coefficient (Wildman–Crippen LogP) is 3.28. The largest absolute Gasteiger partial charge is 0.311 e. The molecule has 0 aromatic carbocycles. The van der Waals surface area contributed by atoms with Crippen molar-refractivity contribution in [2.45, 2.75) is 71.4 Å². The van der Waals surface area contributed by atoms with Crippen molar-refractivity contribution in [2.75, 3.05) is 19.6 Å². The fourth-order valence-corrected chi connectivity index (χ4v) is 3.35. The second-order valence-electron chi connectivity index (χ2n) is 6.54. The Kier molecular flexibility index (Phi) is 5.50. The zero-order valence-corrected chi connectivity index (χ0v) is 12.6. The number of hydrogen-bond acceptors (Lipinski definition) is 2. The molecule has 3 atom stereocenters.